The summed E-state index contributed by atoms with van der Waals surface area (Å²) in [6.07, 6.45) is 4.25. The number of carboxylic acids is 1. The second-order valence-electron chi connectivity index (χ2n) is 4.47. The van der Waals surface area contributed by atoms with Crippen LogP contribution in [0.5, 0.6) is 0 Å². The minimum Gasteiger partial charge on any atom is -0.481 e. The molecule has 80 valence electrons. The summed E-state index contributed by atoms with van der Waals surface area (Å²) in [4.78, 5) is 15.1. The van der Waals surface area contributed by atoms with E-state index in [0.29, 0.717) is 5.92 Å². The molecule has 1 unspecified atom stereocenters. The highest BCUT2D eigenvalue weighted by Crippen LogP contribution is 2.43. The van der Waals surface area contributed by atoms with E-state index in [1.807, 2.05) is 0 Å². The lowest BCUT2D eigenvalue weighted by Gasteiger charge is -2.03. The van der Waals surface area contributed by atoms with E-state index >= 15 is 0 Å². The topological polar surface area (TPSA) is 63.3 Å². The molecule has 3 rings (SSSR count). The zero-order valence-corrected chi connectivity index (χ0v) is 8.40. The van der Waals surface area contributed by atoms with Crippen molar-refractivity contribution in [2.45, 2.75) is 43.9 Å². The third-order valence-electron chi connectivity index (χ3n) is 3.20. The van der Waals surface area contributed by atoms with Crippen LogP contribution in [0.3, 0.4) is 0 Å². The molecule has 0 spiro atoms. The number of oxazole rings is 1. The van der Waals surface area contributed by atoms with E-state index in [9.17, 15) is 4.79 Å². The number of fused-ring (bicyclic) bond motifs is 1. The van der Waals surface area contributed by atoms with Gasteiger partial charge in [-0.05, 0) is 19.3 Å². The van der Waals surface area contributed by atoms with Crippen molar-refractivity contribution in [3.63, 3.8) is 0 Å². The van der Waals surface area contributed by atoms with Crippen molar-refractivity contribution in [2.75, 3.05) is 0 Å². The Bertz CT molecular complexity index is 406. The smallest absolute Gasteiger partial charge is 0.304 e. The predicted molar refractivity (Wildman–Crippen MR) is 51.8 cm³/mol. The fraction of sp³-hybridized carbons (Fsp3) is 0.636. The molecule has 0 radical (unpaired) electrons. The van der Waals surface area contributed by atoms with Crippen LogP contribution in [-0.2, 0) is 11.2 Å². The maximum atomic E-state index is 10.7. The minimum atomic E-state index is -0.746. The molecule has 1 aromatic heterocycles. The largest absolute Gasteiger partial charge is 0.481 e. The van der Waals surface area contributed by atoms with E-state index in [2.05, 4.69) is 4.98 Å². The summed E-state index contributed by atoms with van der Waals surface area (Å²) < 4.78 is 5.66. The molecule has 1 saturated carbocycles. The molecular weight excluding hydrogens is 194 g/mol. The molecule has 2 aliphatic carbocycles. The number of hydrogen-bond acceptors (Lipinski definition) is 3. The first-order valence-electron chi connectivity index (χ1n) is 5.45. The summed E-state index contributed by atoms with van der Waals surface area (Å²) in [5.41, 5.74) is 0.916. The summed E-state index contributed by atoms with van der Waals surface area (Å²) in [5.74, 6) is 1.62. The molecule has 1 atom stereocenters. The molecule has 0 amide bonds. The van der Waals surface area contributed by atoms with Crippen LogP contribution in [0.15, 0.2) is 4.42 Å². The van der Waals surface area contributed by atoms with Crippen LogP contribution in [-0.4, -0.2) is 16.1 Å². The Morgan fingerprint density at radius 2 is 2.27 bits per heavy atom. The number of aliphatic carboxylic acids is 1. The number of hydrogen-bond donors (Lipinski definition) is 1. The summed E-state index contributed by atoms with van der Waals surface area (Å²) in [6, 6.07) is 0. The lowest BCUT2D eigenvalue weighted by molar-refractivity contribution is -0.137. The first kappa shape index (κ1) is 8.95. The molecule has 0 saturated heterocycles. The lowest BCUT2D eigenvalue weighted by atomic mass is 10.0. The van der Waals surface area contributed by atoms with Gasteiger partial charge in [0.25, 0.3) is 0 Å². The minimum absolute atomic E-state index is 0.0775. The Morgan fingerprint density at radius 1 is 1.47 bits per heavy atom. The maximum absolute atomic E-state index is 10.7. The average molecular weight is 207 g/mol. The van der Waals surface area contributed by atoms with Gasteiger partial charge in [-0.3, -0.25) is 4.79 Å². The van der Waals surface area contributed by atoms with E-state index < -0.39 is 5.97 Å². The SMILES string of the molecule is O=C(O)CC1CCc2oc(C3CC3)nc21. The van der Waals surface area contributed by atoms with Gasteiger partial charge in [-0.15, -0.1) is 0 Å². The Labute approximate surface area is 87.3 Å². The van der Waals surface area contributed by atoms with Crippen LogP contribution in [0.4, 0.5) is 0 Å². The second-order valence-corrected chi connectivity index (χ2v) is 4.47. The molecule has 1 fully saturated rings. The Balaban J connectivity index is 1.84. The summed E-state index contributed by atoms with van der Waals surface area (Å²) >= 11 is 0. The number of carboxylic acid groups (broad SMARTS) is 1. The van der Waals surface area contributed by atoms with Crippen LogP contribution in [0, 0.1) is 0 Å². The number of carbonyl (C=O) groups is 1. The van der Waals surface area contributed by atoms with Crippen molar-refractivity contribution in [3.8, 4) is 0 Å². The van der Waals surface area contributed by atoms with Gasteiger partial charge >= 0.3 is 5.97 Å². The van der Waals surface area contributed by atoms with E-state index in [-0.39, 0.29) is 12.3 Å². The van der Waals surface area contributed by atoms with Gasteiger partial charge in [0.05, 0.1) is 12.1 Å². The molecule has 2 aliphatic rings. The van der Waals surface area contributed by atoms with Gasteiger partial charge in [-0.1, -0.05) is 0 Å². The van der Waals surface area contributed by atoms with Gasteiger partial charge < -0.3 is 9.52 Å². The monoisotopic (exact) mass is 207 g/mol. The molecule has 1 heterocycles. The second kappa shape index (κ2) is 3.08. The van der Waals surface area contributed by atoms with Crippen LogP contribution < -0.4 is 0 Å². The van der Waals surface area contributed by atoms with E-state index in [1.54, 1.807) is 0 Å². The highest BCUT2D eigenvalue weighted by molar-refractivity contribution is 5.68. The molecule has 0 bridgehead atoms. The molecule has 4 nitrogen and oxygen atoms in total. The Morgan fingerprint density at radius 3 is 2.93 bits per heavy atom. The quantitative estimate of drug-likeness (QED) is 0.823. The number of rotatable bonds is 3. The van der Waals surface area contributed by atoms with Gasteiger partial charge in [0.2, 0.25) is 0 Å². The molecule has 0 aromatic carbocycles. The fourth-order valence-corrected chi connectivity index (χ4v) is 2.24. The van der Waals surface area contributed by atoms with Crippen molar-refractivity contribution < 1.29 is 14.3 Å². The molecule has 0 aliphatic heterocycles. The number of aromatic nitrogens is 1. The zero-order valence-electron chi connectivity index (χ0n) is 8.40. The predicted octanol–water partition coefficient (Wildman–Crippen LogP) is 2.06. The first-order valence-corrected chi connectivity index (χ1v) is 5.45. The molecule has 4 heteroatoms. The third-order valence-corrected chi connectivity index (χ3v) is 3.20. The average Bonchev–Trinajstić information content (AvgIpc) is 2.84. The summed E-state index contributed by atoms with van der Waals surface area (Å²) in [7, 11) is 0. The fourth-order valence-electron chi connectivity index (χ4n) is 2.24. The summed E-state index contributed by atoms with van der Waals surface area (Å²) in [5, 5.41) is 8.77. The van der Waals surface area contributed by atoms with Gasteiger partial charge in [0.1, 0.15) is 5.76 Å². The normalized spacial score (nSPS) is 24.1. The Hall–Kier alpha value is -1.32. The van der Waals surface area contributed by atoms with Crippen molar-refractivity contribution in [2.24, 2.45) is 0 Å². The van der Waals surface area contributed by atoms with Crippen LogP contribution in [0.1, 0.15) is 54.9 Å². The Kier molecular flexibility index (Phi) is 1.84. The van der Waals surface area contributed by atoms with Crippen molar-refractivity contribution in [3.05, 3.63) is 17.3 Å². The van der Waals surface area contributed by atoms with Gasteiger partial charge in [-0.25, -0.2) is 4.98 Å². The zero-order chi connectivity index (χ0) is 10.4. The van der Waals surface area contributed by atoms with E-state index in [1.165, 1.54) is 12.8 Å². The van der Waals surface area contributed by atoms with E-state index in [4.69, 9.17) is 9.52 Å². The van der Waals surface area contributed by atoms with Crippen LogP contribution >= 0.6 is 0 Å². The highest BCUT2D eigenvalue weighted by atomic mass is 16.4. The molecule has 1 N–H and O–H groups in total. The van der Waals surface area contributed by atoms with Crippen molar-refractivity contribution in [1.82, 2.24) is 4.98 Å². The van der Waals surface area contributed by atoms with Gasteiger partial charge in [0.15, 0.2) is 5.89 Å². The standard InChI is InChI=1S/C11H13NO3/c13-9(14)5-7-3-4-8-10(7)12-11(15-8)6-1-2-6/h6-7H,1-5H2,(H,13,14). The maximum Gasteiger partial charge on any atom is 0.304 e. The number of aryl methyl sites for hydroxylation is 1. The lowest BCUT2D eigenvalue weighted by Crippen LogP contribution is -2.03. The third kappa shape index (κ3) is 1.54. The number of nitrogens with zero attached hydrogens (tertiary/aromatic N) is 1. The van der Waals surface area contributed by atoms with Crippen LogP contribution in [0.2, 0.25) is 0 Å². The van der Waals surface area contributed by atoms with Crippen molar-refractivity contribution in [1.29, 1.82) is 0 Å². The van der Waals surface area contributed by atoms with Gasteiger partial charge in [0, 0.05) is 18.3 Å². The molecular formula is C11H13NO3. The summed E-state index contributed by atoms with van der Waals surface area (Å²) in [6.45, 7) is 0. The molecule has 15 heavy (non-hydrogen) atoms. The van der Waals surface area contributed by atoms with E-state index in [0.717, 1.165) is 30.2 Å². The molecule has 1 aromatic rings. The first-order chi connectivity index (χ1) is 7.24. The van der Waals surface area contributed by atoms with Crippen molar-refractivity contribution >= 4 is 5.97 Å². The highest BCUT2D eigenvalue weighted by Gasteiger charge is 2.35. The van der Waals surface area contributed by atoms with Gasteiger partial charge in [-0.2, -0.15) is 0 Å². The van der Waals surface area contributed by atoms with Crippen LogP contribution in [0.25, 0.3) is 0 Å².